The maximum Gasteiger partial charge on any atom is 0.259 e. The summed E-state index contributed by atoms with van der Waals surface area (Å²) in [5, 5.41) is 0. The molecule has 1 aliphatic rings. The van der Waals surface area contributed by atoms with E-state index >= 15 is 0 Å². The first kappa shape index (κ1) is 14.6. The number of benzene rings is 1. The molecular formula is C15H17N3O3S. The molecule has 0 saturated carbocycles. The molecule has 0 radical (unpaired) electrons. The zero-order valence-electron chi connectivity index (χ0n) is 12.4. The highest BCUT2D eigenvalue weighted by atomic mass is 32.2. The highest BCUT2D eigenvalue weighted by Gasteiger charge is 2.25. The molecule has 116 valence electrons. The number of fused-ring (bicyclic) bond motifs is 1. The van der Waals surface area contributed by atoms with Crippen LogP contribution in [-0.2, 0) is 29.4 Å². The lowest BCUT2D eigenvalue weighted by atomic mass is 10.1. The average Bonchev–Trinajstić information content (AvgIpc) is 2.72. The van der Waals surface area contributed by atoms with E-state index in [1.807, 2.05) is 30.8 Å². The Kier molecular flexibility index (Phi) is 3.44. The summed E-state index contributed by atoms with van der Waals surface area (Å²) < 4.78 is 34.7. The number of aromatic nitrogens is 1. The lowest BCUT2D eigenvalue weighted by Gasteiger charge is -2.18. The highest BCUT2D eigenvalue weighted by Crippen LogP contribution is 2.28. The zero-order valence-corrected chi connectivity index (χ0v) is 13.2. The Morgan fingerprint density at radius 1 is 1.41 bits per heavy atom. The van der Waals surface area contributed by atoms with Crippen molar-refractivity contribution in [3.8, 4) is 5.75 Å². The summed E-state index contributed by atoms with van der Waals surface area (Å²) in [4.78, 5) is 0. The van der Waals surface area contributed by atoms with Gasteiger partial charge in [-0.3, -0.25) is 0 Å². The molecule has 0 atom stereocenters. The molecule has 6 nitrogen and oxygen atoms in total. The van der Waals surface area contributed by atoms with Gasteiger partial charge in [-0.15, -0.1) is 4.40 Å². The van der Waals surface area contributed by atoms with Crippen LogP contribution in [0, 0.1) is 6.92 Å². The van der Waals surface area contributed by atoms with Crippen molar-refractivity contribution in [1.29, 1.82) is 0 Å². The molecule has 1 aromatic carbocycles. The van der Waals surface area contributed by atoms with Crippen molar-refractivity contribution in [1.82, 2.24) is 4.57 Å². The number of ether oxygens (including phenoxy) is 1. The normalized spacial score (nSPS) is 16.0. The Bertz CT molecular complexity index is 866. The number of sulfonamides is 1. The number of hydrogen-bond acceptors (Lipinski definition) is 4. The van der Waals surface area contributed by atoms with Gasteiger partial charge in [-0.05, 0) is 30.2 Å². The first-order chi connectivity index (χ1) is 10.4. The van der Waals surface area contributed by atoms with Gasteiger partial charge in [0.1, 0.15) is 18.2 Å². The topological polar surface area (TPSA) is 86.7 Å². The molecule has 0 unspecified atom stereocenters. The third kappa shape index (κ3) is 2.71. The second-order valence-corrected chi connectivity index (χ2v) is 7.04. The van der Waals surface area contributed by atoms with E-state index < -0.39 is 10.0 Å². The number of hydrogen-bond donors (Lipinski definition) is 1. The van der Waals surface area contributed by atoms with Gasteiger partial charge in [-0.1, -0.05) is 12.1 Å². The van der Waals surface area contributed by atoms with E-state index in [0.717, 1.165) is 11.3 Å². The van der Waals surface area contributed by atoms with E-state index in [-0.39, 0.29) is 11.6 Å². The molecule has 2 aromatic rings. The number of nitrogens with zero attached hydrogens (tertiary/aromatic N) is 2. The van der Waals surface area contributed by atoms with Crippen molar-refractivity contribution in [3.05, 3.63) is 52.8 Å². The molecule has 0 fully saturated rings. The maximum atomic E-state index is 11.7. The maximum absolute atomic E-state index is 11.7. The number of aryl methyl sites for hydroxylation is 2. The summed E-state index contributed by atoms with van der Waals surface area (Å²) in [6.45, 7) is 2.39. The van der Waals surface area contributed by atoms with Crippen LogP contribution >= 0.6 is 0 Å². The molecule has 0 saturated heterocycles. The fraction of sp³-hybridized carbons (Fsp3) is 0.267. The predicted octanol–water partition coefficient (Wildman–Crippen LogP) is 1.46. The first-order valence-corrected chi connectivity index (χ1v) is 8.41. The molecule has 1 aromatic heterocycles. The van der Waals surface area contributed by atoms with Crippen molar-refractivity contribution in [2.75, 3.05) is 0 Å². The molecule has 1 aliphatic heterocycles. The van der Waals surface area contributed by atoms with Crippen LogP contribution in [0.25, 0.3) is 0 Å². The number of amidine groups is 1. The van der Waals surface area contributed by atoms with E-state index in [4.69, 9.17) is 10.5 Å². The lowest BCUT2D eigenvalue weighted by molar-refractivity contribution is 0.296. The van der Waals surface area contributed by atoms with Crippen molar-refractivity contribution < 1.29 is 13.2 Å². The Hall–Kier alpha value is -2.28. The van der Waals surface area contributed by atoms with Gasteiger partial charge in [0.05, 0.1) is 17.0 Å². The van der Waals surface area contributed by atoms with Crippen molar-refractivity contribution in [2.45, 2.75) is 19.3 Å². The molecule has 2 heterocycles. The lowest BCUT2D eigenvalue weighted by Crippen LogP contribution is -2.24. The van der Waals surface area contributed by atoms with Gasteiger partial charge in [0.2, 0.25) is 0 Å². The molecular weight excluding hydrogens is 302 g/mol. The Labute approximate surface area is 129 Å². The van der Waals surface area contributed by atoms with Crippen LogP contribution in [0.4, 0.5) is 0 Å². The summed E-state index contributed by atoms with van der Waals surface area (Å²) >= 11 is 0. The summed E-state index contributed by atoms with van der Waals surface area (Å²) in [5.41, 5.74) is 9.18. The standard InChI is InChI=1S/C15H17N3O3S/c1-10-6-12(18(2)7-10)8-21-13-5-3-4-11-9-22(19,20)17-15(16)14(11)13/h3-7H,8-9H2,1-2H3,(H2,16,17). The first-order valence-electron chi connectivity index (χ1n) is 6.81. The van der Waals surface area contributed by atoms with E-state index in [2.05, 4.69) is 4.40 Å². The summed E-state index contributed by atoms with van der Waals surface area (Å²) in [6, 6.07) is 7.30. The van der Waals surface area contributed by atoms with Crippen LogP contribution in [0.1, 0.15) is 22.4 Å². The summed E-state index contributed by atoms with van der Waals surface area (Å²) in [6.07, 6.45) is 2.02. The van der Waals surface area contributed by atoms with Gasteiger partial charge < -0.3 is 15.0 Å². The molecule has 3 rings (SSSR count). The minimum absolute atomic E-state index is 0.0140. The minimum atomic E-state index is -3.53. The van der Waals surface area contributed by atoms with Gasteiger partial charge in [0, 0.05) is 13.2 Å². The van der Waals surface area contributed by atoms with Crippen LogP contribution in [0.3, 0.4) is 0 Å². The molecule has 7 heteroatoms. The minimum Gasteiger partial charge on any atom is -0.487 e. The Balaban J connectivity index is 1.92. The second kappa shape index (κ2) is 5.17. The largest absolute Gasteiger partial charge is 0.487 e. The molecule has 0 spiro atoms. The third-order valence-electron chi connectivity index (χ3n) is 3.56. The van der Waals surface area contributed by atoms with Gasteiger partial charge in [-0.2, -0.15) is 0 Å². The van der Waals surface area contributed by atoms with Crippen molar-refractivity contribution in [2.24, 2.45) is 17.2 Å². The number of rotatable bonds is 3. The van der Waals surface area contributed by atoms with Gasteiger partial charge >= 0.3 is 0 Å². The fourth-order valence-electron chi connectivity index (χ4n) is 2.62. The SMILES string of the molecule is Cc1cc(COc2cccc3c2C(N)=NS(=O)(=O)C3)n(C)c1. The van der Waals surface area contributed by atoms with E-state index in [0.29, 0.717) is 23.5 Å². The van der Waals surface area contributed by atoms with Crippen molar-refractivity contribution >= 4 is 15.9 Å². The van der Waals surface area contributed by atoms with Crippen LogP contribution < -0.4 is 10.5 Å². The molecule has 0 amide bonds. The zero-order chi connectivity index (χ0) is 15.9. The Morgan fingerprint density at radius 3 is 2.86 bits per heavy atom. The molecule has 22 heavy (non-hydrogen) atoms. The van der Waals surface area contributed by atoms with Gasteiger partial charge in [0.15, 0.2) is 0 Å². The van der Waals surface area contributed by atoms with Crippen LogP contribution in [0.15, 0.2) is 34.9 Å². The van der Waals surface area contributed by atoms with Crippen LogP contribution in [0.5, 0.6) is 5.75 Å². The number of nitrogens with two attached hydrogens (primary N) is 1. The second-order valence-electron chi connectivity index (χ2n) is 5.40. The average molecular weight is 319 g/mol. The van der Waals surface area contributed by atoms with Crippen molar-refractivity contribution in [3.63, 3.8) is 0 Å². The van der Waals surface area contributed by atoms with E-state index in [1.54, 1.807) is 18.2 Å². The van der Waals surface area contributed by atoms with Crippen LogP contribution in [-0.4, -0.2) is 18.8 Å². The predicted molar refractivity (Wildman–Crippen MR) is 84.3 cm³/mol. The quantitative estimate of drug-likeness (QED) is 0.928. The third-order valence-corrected chi connectivity index (χ3v) is 4.71. The van der Waals surface area contributed by atoms with Gasteiger partial charge in [0.25, 0.3) is 10.0 Å². The molecule has 0 bridgehead atoms. The fourth-order valence-corrected chi connectivity index (χ4v) is 3.71. The smallest absolute Gasteiger partial charge is 0.259 e. The van der Waals surface area contributed by atoms with Crippen LogP contribution in [0.2, 0.25) is 0 Å². The van der Waals surface area contributed by atoms with E-state index in [9.17, 15) is 8.42 Å². The monoisotopic (exact) mass is 319 g/mol. The highest BCUT2D eigenvalue weighted by molar-refractivity contribution is 7.89. The van der Waals surface area contributed by atoms with Gasteiger partial charge in [-0.25, -0.2) is 8.42 Å². The van der Waals surface area contributed by atoms with E-state index in [1.165, 1.54) is 0 Å². The molecule has 2 N–H and O–H groups in total. The summed E-state index contributed by atoms with van der Waals surface area (Å²) in [7, 11) is -1.58. The Morgan fingerprint density at radius 2 is 2.18 bits per heavy atom. The molecule has 0 aliphatic carbocycles. The summed E-state index contributed by atoms with van der Waals surface area (Å²) in [5.74, 6) is 0.385.